The molecule has 0 aliphatic heterocycles. The lowest BCUT2D eigenvalue weighted by Crippen LogP contribution is -2.06. The number of carboxylic acid groups (broad SMARTS) is 1. The molecule has 6 heteroatoms. The summed E-state index contributed by atoms with van der Waals surface area (Å²) in [6.07, 6.45) is 1.89. The molecule has 0 bridgehead atoms. The summed E-state index contributed by atoms with van der Waals surface area (Å²) in [5.41, 5.74) is 3.05. The first-order valence-electron chi connectivity index (χ1n) is 4.70. The predicted molar refractivity (Wildman–Crippen MR) is 59.5 cm³/mol. The third kappa shape index (κ3) is 1.92. The molecule has 0 saturated heterocycles. The van der Waals surface area contributed by atoms with Crippen LogP contribution in [0.15, 0.2) is 17.1 Å². The molecule has 2 heterocycles. The molecule has 0 spiro atoms. The van der Waals surface area contributed by atoms with Gasteiger partial charge in [-0.2, -0.15) is 0 Å². The van der Waals surface area contributed by atoms with Crippen LogP contribution >= 0.6 is 11.3 Å². The predicted octanol–water partition coefficient (Wildman–Crippen LogP) is 1.86. The fourth-order valence-electron chi connectivity index (χ4n) is 1.31. The highest BCUT2D eigenvalue weighted by Gasteiger charge is 2.13. The van der Waals surface area contributed by atoms with E-state index in [0.29, 0.717) is 23.6 Å². The summed E-state index contributed by atoms with van der Waals surface area (Å²) < 4.78 is 0. The van der Waals surface area contributed by atoms with Crippen molar-refractivity contribution in [1.29, 1.82) is 0 Å². The Bertz CT molecular complexity index is 511. The van der Waals surface area contributed by atoms with E-state index >= 15 is 0 Å². The Balaban J connectivity index is 2.49. The number of carbonyl (C=O) groups is 1. The second-order valence-electron chi connectivity index (χ2n) is 3.09. The minimum atomic E-state index is -0.998. The van der Waals surface area contributed by atoms with Gasteiger partial charge in [-0.3, -0.25) is 0 Å². The van der Waals surface area contributed by atoms with Crippen molar-refractivity contribution < 1.29 is 9.90 Å². The SMILES string of the molecule is CCc1nc(-c2cscn2)ncc1C(=O)O. The number of aryl methyl sites for hydroxylation is 1. The van der Waals surface area contributed by atoms with Crippen LogP contribution in [-0.2, 0) is 6.42 Å². The molecule has 0 unspecified atom stereocenters. The quantitative estimate of drug-likeness (QED) is 0.878. The molecule has 0 aliphatic rings. The summed E-state index contributed by atoms with van der Waals surface area (Å²) >= 11 is 1.45. The van der Waals surface area contributed by atoms with Crippen molar-refractivity contribution in [2.45, 2.75) is 13.3 Å². The zero-order valence-electron chi connectivity index (χ0n) is 8.54. The van der Waals surface area contributed by atoms with Crippen LogP contribution in [-0.4, -0.2) is 26.0 Å². The number of carboxylic acids is 1. The van der Waals surface area contributed by atoms with Gasteiger partial charge in [0, 0.05) is 11.6 Å². The van der Waals surface area contributed by atoms with Crippen LogP contribution in [0.5, 0.6) is 0 Å². The minimum Gasteiger partial charge on any atom is -0.478 e. The second-order valence-corrected chi connectivity index (χ2v) is 3.81. The lowest BCUT2D eigenvalue weighted by atomic mass is 10.2. The smallest absolute Gasteiger partial charge is 0.339 e. The van der Waals surface area contributed by atoms with Gasteiger partial charge in [0.05, 0.1) is 16.8 Å². The van der Waals surface area contributed by atoms with Crippen LogP contribution in [0, 0.1) is 0 Å². The average molecular weight is 235 g/mol. The topological polar surface area (TPSA) is 76.0 Å². The standard InChI is InChI=1S/C10H9N3O2S/c1-2-7-6(10(14)15)3-11-9(13-7)8-4-16-5-12-8/h3-5H,2H2,1H3,(H,14,15). The van der Waals surface area contributed by atoms with Crippen LogP contribution in [0.25, 0.3) is 11.5 Å². The number of aromatic carboxylic acids is 1. The third-order valence-electron chi connectivity index (χ3n) is 2.09. The molecule has 0 radical (unpaired) electrons. The zero-order valence-corrected chi connectivity index (χ0v) is 9.36. The van der Waals surface area contributed by atoms with E-state index in [1.165, 1.54) is 17.5 Å². The summed E-state index contributed by atoms with van der Waals surface area (Å²) in [7, 11) is 0. The summed E-state index contributed by atoms with van der Waals surface area (Å²) in [6, 6.07) is 0. The minimum absolute atomic E-state index is 0.154. The largest absolute Gasteiger partial charge is 0.478 e. The van der Waals surface area contributed by atoms with Crippen LogP contribution in [0.1, 0.15) is 23.0 Å². The maximum atomic E-state index is 10.9. The molecule has 0 fully saturated rings. The van der Waals surface area contributed by atoms with E-state index in [-0.39, 0.29) is 5.56 Å². The summed E-state index contributed by atoms with van der Waals surface area (Å²) in [5.74, 6) is -0.523. The lowest BCUT2D eigenvalue weighted by molar-refractivity contribution is 0.0694. The van der Waals surface area contributed by atoms with Crippen molar-refractivity contribution in [2.24, 2.45) is 0 Å². The number of aromatic nitrogens is 3. The molecule has 16 heavy (non-hydrogen) atoms. The van der Waals surface area contributed by atoms with Crippen LogP contribution in [0.2, 0.25) is 0 Å². The fraction of sp³-hybridized carbons (Fsp3) is 0.200. The first-order chi connectivity index (χ1) is 7.72. The van der Waals surface area contributed by atoms with Crippen LogP contribution in [0.3, 0.4) is 0 Å². The number of rotatable bonds is 3. The van der Waals surface area contributed by atoms with Gasteiger partial charge in [0.2, 0.25) is 0 Å². The third-order valence-corrected chi connectivity index (χ3v) is 2.68. The summed E-state index contributed by atoms with van der Waals surface area (Å²) in [5, 5.41) is 10.8. The molecule has 1 N–H and O–H groups in total. The van der Waals surface area contributed by atoms with E-state index in [2.05, 4.69) is 15.0 Å². The first-order valence-corrected chi connectivity index (χ1v) is 5.64. The van der Waals surface area contributed by atoms with E-state index in [9.17, 15) is 4.79 Å². The van der Waals surface area contributed by atoms with E-state index in [0.717, 1.165) is 0 Å². The molecule has 0 amide bonds. The van der Waals surface area contributed by atoms with Crippen molar-refractivity contribution in [3.8, 4) is 11.5 Å². The number of thiazole rings is 1. The fourth-order valence-corrected chi connectivity index (χ4v) is 1.84. The Morgan fingerprint density at radius 2 is 2.31 bits per heavy atom. The highest BCUT2D eigenvalue weighted by molar-refractivity contribution is 7.07. The molecular formula is C10H9N3O2S. The Morgan fingerprint density at radius 3 is 2.88 bits per heavy atom. The Kier molecular flexibility index (Phi) is 2.91. The molecule has 0 atom stereocenters. The van der Waals surface area contributed by atoms with Crippen LogP contribution in [0.4, 0.5) is 0 Å². The van der Waals surface area contributed by atoms with E-state index in [4.69, 9.17) is 5.11 Å². The Hall–Kier alpha value is -1.82. The molecule has 0 aliphatic carbocycles. The van der Waals surface area contributed by atoms with Gasteiger partial charge in [-0.05, 0) is 6.42 Å². The van der Waals surface area contributed by atoms with Crippen molar-refractivity contribution in [3.63, 3.8) is 0 Å². The average Bonchev–Trinajstić information content (AvgIpc) is 2.81. The van der Waals surface area contributed by atoms with Crippen LogP contribution < -0.4 is 0 Å². The van der Waals surface area contributed by atoms with Gasteiger partial charge in [-0.15, -0.1) is 11.3 Å². The summed E-state index contributed by atoms with van der Waals surface area (Å²) in [6.45, 7) is 1.86. The van der Waals surface area contributed by atoms with Gasteiger partial charge in [0.25, 0.3) is 0 Å². The first kappa shape index (κ1) is 10.7. The van der Waals surface area contributed by atoms with Gasteiger partial charge in [-0.25, -0.2) is 19.7 Å². The zero-order chi connectivity index (χ0) is 11.5. The maximum absolute atomic E-state index is 10.9. The Morgan fingerprint density at radius 1 is 1.50 bits per heavy atom. The molecule has 82 valence electrons. The van der Waals surface area contributed by atoms with Crippen molar-refractivity contribution in [1.82, 2.24) is 15.0 Å². The molecule has 2 aromatic rings. The molecular weight excluding hydrogens is 226 g/mol. The van der Waals surface area contributed by atoms with Gasteiger partial charge in [-0.1, -0.05) is 6.92 Å². The molecule has 0 saturated carbocycles. The number of nitrogens with zero attached hydrogens (tertiary/aromatic N) is 3. The summed E-state index contributed by atoms with van der Waals surface area (Å²) in [4.78, 5) is 23.2. The number of hydrogen-bond acceptors (Lipinski definition) is 5. The van der Waals surface area contributed by atoms with E-state index < -0.39 is 5.97 Å². The van der Waals surface area contributed by atoms with Gasteiger partial charge in [0.1, 0.15) is 5.69 Å². The van der Waals surface area contributed by atoms with E-state index in [1.807, 2.05) is 12.3 Å². The Labute approximate surface area is 95.8 Å². The van der Waals surface area contributed by atoms with Gasteiger partial charge in [0.15, 0.2) is 5.82 Å². The molecule has 2 aromatic heterocycles. The van der Waals surface area contributed by atoms with E-state index in [1.54, 1.807) is 5.51 Å². The van der Waals surface area contributed by atoms with Crippen molar-refractivity contribution >= 4 is 17.3 Å². The van der Waals surface area contributed by atoms with Crippen molar-refractivity contribution in [3.05, 3.63) is 28.3 Å². The second kappa shape index (κ2) is 4.36. The van der Waals surface area contributed by atoms with Gasteiger partial charge >= 0.3 is 5.97 Å². The molecule has 2 rings (SSSR count). The number of hydrogen-bond donors (Lipinski definition) is 1. The lowest BCUT2D eigenvalue weighted by Gasteiger charge is -2.03. The maximum Gasteiger partial charge on any atom is 0.339 e. The highest BCUT2D eigenvalue weighted by Crippen LogP contribution is 2.16. The molecule has 5 nitrogen and oxygen atoms in total. The van der Waals surface area contributed by atoms with Crippen molar-refractivity contribution in [2.75, 3.05) is 0 Å². The monoisotopic (exact) mass is 235 g/mol. The molecule has 0 aromatic carbocycles. The highest BCUT2D eigenvalue weighted by atomic mass is 32.1. The van der Waals surface area contributed by atoms with Gasteiger partial charge < -0.3 is 5.11 Å². The normalized spacial score (nSPS) is 10.3.